The molecule has 0 heterocycles. The third-order valence-corrected chi connectivity index (χ3v) is 12.1. The van der Waals surface area contributed by atoms with Crippen LogP contribution in [0.5, 0.6) is 0 Å². The molecule has 0 saturated heterocycles. The van der Waals surface area contributed by atoms with E-state index < -0.39 is 9.84 Å². The lowest BCUT2D eigenvalue weighted by Crippen LogP contribution is -2.40. The maximum absolute atomic E-state index is 13.2. The number of rotatable bonds is 6. The van der Waals surface area contributed by atoms with E-state index in [4.69, 9.17) is 9.47 Å². The van der Waals surface area contributed by atoms with Crippen molar-refractivity contribution in [2.75, 3.05) is 7.11 Å². The van der Waals surface area contributed by atoms with Crippen molar-refractivity contribution < 1.29 is 17.9 Å². The average molecular weight is 455 g/mol. The summed E-state index contributed by atoms with van der Waals surface area (Å²) in [7, 11) is -1.27. The molecule has 0 unspecified atom stereocenters. The minimum absolute atomic E-state index is 0.138. The van der Waals surface area contributed by atoms with E-state index in [0.29, 0.717) is 6.10 Å². The van der Waals surface area contributed by atoms with E-state index in [-0.39, 0.29) is 22.7 Å². The summed E-state index contributed by atoms with van der Waals surface area (Å²) in [5, 5.41) is -0.278. The number of hydrogen-bond donors (Lipinski definition) is 0. The molecule has 4 aliphatic rings. The van der Waals surface area contributed by atoms with Gasteiger partial charge in [-0.1, -0.05) is 19.8 Å². The zero-order valence-electron chi connectivity index (χ0n) is 20.0. The monoisotopic (exact) mass is 454 g/mol. The van der Waals surface area contributed by atoms with Crippen molar-refractivity contribution in [2.24, 2.45) is 17.8 Å². The van der Waals surface area contributed by atoms with Crippen molar-refractivity contribution >= 4 is 9.84 Å². The molecule has 0 radical (unpaired) electrons. The van der Waals surface area contributed by atoms with Crippen molar-refractivity contribution in [3.8, 4) is 0 Å². The zero-order chi connectivity index (χ0) is 21.8. The summed E-state index contributed by atoms with van der Waals surface area (Å²) in [4.78, 5) is 0. The van der Waals surface area contributed by atoms with E-state index in [1.165, 1.54) is 51.4 Å². The van der Waals surface area contributed by atoms with E-state index in [1.807, 2.05) is 0 Å². The average Bonchev–Trinajstić information content (AvgIpc) is 2.80. The Balaban J connectivity index is 1.17. The summed E-state index contributed by atoms with van der Waals surface area (Å²) < 4.78 is 38.2. The molecule has 4 rings (SSSR count). The zero-order valence-corrected chi connectivity index (χ0v) is 20.8. The topological polar surface area (TPSA) is 52.6 Å². The van der Waals surface area contributed by atoms with Crippen LogP contribution in [0.1, 0.15) is 110 Å². The first-order valence-electron chi connectivity index (χ1n) is 13.4. The first-order valence-corrected chi connectivity index (χ1v) is 15.0. The largest absolute Gasteiger partial charge is 0.381 e. The van der Waals surface area contributed by atoms with Gasteiger partial charge in [-0.2, -0.15) is 0 Å². The lowest BCUT2D eigenvalue weighted by Gasteiger charge is -2.39. The van der Waals surface area contributed by atoms with E-state index in [0.717, 1.165) is 69.1 Å². The van der Waals surface area contributed by atoms with Crippen molar-refractivity contribution in [1.82, 2.24) is 0 Å². The Kier molecular flexibility index (Phi) is 8.41. The SMILES string of the molecule is COC1CCC(S(=O)(=O)C2CCC(OC3CCC(C4CCC(C)CC4)CC3)CC2)CC1. The summed E-state index contributed by atoms with van der Waals surface area (Å²) in [6, 6.07) is 0. The van der Waals surface area contributed by atoms with Gasteiger partial charge < -0.3 is 9.47 Å². The molecule has 0 spiro atoms. The van der Waals surface area contributed by atoms with Crippen LogP contribution in [0.2, 0.25) is 0 Å². The van der Waals surface area contributed by atoms with Crippen molar-refractivity contribution in [3.63, 3.8) is 0 Å². The highest BCUT2D eigenvalue weighted by molar-refractivity contribution is 7.92. The van der Waals surface area contributed by atoms with Crippen LogP contribution in [0.15, 0.2) is 0 Å². The molecule has 4 aliphatic carbocycles. The van der Waals surface area contributed by atoms with Gasteiger partial charge in [0.05, 0.1) is 28.8 Å². The fraction of sp³-hybridized carbons (Fsp3) is 1.00. The summed E-state index contributed by atoms with van der Waals surface area (Å²) >= 11 is 0. The van der Waals surface area contributed by atoms with Gasteiger partial charge in [0.15, 0.2) is 9.84 Å². The highest BCUT2D eigenvalue weighted by atomic mass is 32.2. The fourth-order valence-electron chi connectivity index (χ4n) is 7.09. The van der Waals surface area contributed by atoms with Gasteiger partial charge in [-0.25, -0.2) is 8.42 Å². The molecule has 5 heteroatoms. The first kappa shape index (κ1) is 24.0. The summed E-state index contributed by atoms with van der Waals surface area (Å²) in [5.74, 6) is 2.84. The highest BCUT2D eigenvalue weighted by Crippen LogP contribution is 2.41. The molecule has 180 valence electrons. The molecule has 0 aromatic carbocycles. The maximum Gasteiger partial charge on any atom is 0.156 e. The Morgan fingerprint density at radius 2 is 0.935 bits per heavy atom. The Labute approximate surface area is 191 Å². The molecule has 4 saturated carbocycles. The predicted molar refractivity (Wildman–Crippen MR) is 126 cm³/mol. The number of hydrogen-bond acceptors (Lipinski definition) is 4. The summed E-state index contributed by atoms with van der Waals surface area (Å²) in [6.07, 6.45) is 18.6. The normalized spacial score (nSPS) is 42.9. The Morgan fingerprint density at radius 1 is 0.548 bits per heavy atom. The standard InChI is InChI=1S/C26H46O4S/c1-19-3-5-20(6-4-19)21-7-9-23(10-8-21)30-24-13-17-26(18-14-24)31(27,28)25-15-11-22(29-2)12-16-25/h19-26H,3-18H2,1-2H3. The predicted octanol–water partition coefficient (Wildman–Crippen LogP) is 6.07. The number of sulfone groups is 1. The molecular weight excluding hydrogens is 408 g/mol. The molecule has 0 aliphatic heterocycles. The second kappa shape index (κ2) is 10.9. The van der Waals surface area contributed by atoms with Crippen molar-refractivity contribution in [3.05, 3.63) is 0 Å². The van der Waals surface area contributed by atoms with E-state index in [2.05, 4.69) is 6.92 Å². The van der Waals surface area contributed by atoms with Gasteiger partial charge in [-0.3, -0.25) is 0 Å². The summed E-state index contributed by atoms with van der Waals surface area (Å²) in [5.41, 5.74) is 0. The molecule has 0 aromatic rings. The first-order chi connectivity index (χ1) is 15.0. The van der Waals surface area contributed by atoms with Crippen LogP contribution < -0.4 is 0 Å². The Hall–Kier alpha value is -0.130. The molecule has 0 aromatic heterocycles. The molecule has 0 amide bonds. The van der Waals surface area contributed by atoms with Gasteiger partial charge in [0, 0.05) is 7.11 Å². The number of ether oxygens (including phenoxy) is 2. The minimum atomic E-state index is -3.01. The molecule has 0 N–H and O–H groups in total. The van der Waals surface area contributed by atoms with Gasteiger partial charge in [0.25, 0.3) is 0 Å². The van der Waals surface area contributed by atoms with Crippen LogP contribution in [-0.4, -0.2) is 44.3 Å². The smallest absolute Gasteiger partial charge is 0.156 e. The second-order valence-electron chi connectivity index (χ2n) is 11.3. The fourth-order valence-corrected chi connectivity index (χ4v) is 9.49. The Morgan fingerprint density at radius 3 is 1.39 bits per heavy atom. The maximum atomic E-state index is 13.2. The van der Waals surface area contributed by atoms with Crippen LogP contribution in [0, 0.1) is 17.8 Å². The molecule has 0 atom stereocenters. The van der Waals surface area contributed by atoms with Crippen LogP contribution in [0.3, 0.4) is 0 Å². The molecule has 4 fully saturated rings. The third kappa shape index (κ3) is 6.06. The molecule has 4 nitrogen and oxygen atoms in total. The quantitative estimate of drug-likeness (QED) is 0.489. The van der Waals surface area contributed by atoms with Crippen LogP contribution in [0.4, 0.5) is 0 Å². The van der Waals surface area contributed by atoms with Crippen LogP contribution >= 0.6 is 0 Å². The summed E-state index contributed by atoms with van der Waals surface area (Å²) in [6.45, 7) is 2.41. The van der Waals surface area contributed by atoms with Crippen LogP contribution in [0.25, 0.3) is 0 Å². The van der Waals surface area contributed by atoms with Gasteiger partial charge in [-0.05, 0) is 108 Å². The van der Waals surface area contributed by atoms with Crippen LogP contribution in [-0.2, 0) is 19.3 Å². The second-order valence-corrected chi connectivity index (χ2v) is 13.8. The molecule has 0 bridgehead atoms. The van der Waals surface area contributed by atoms with Gasteiger partial charge >= 0.3 is 0 Å². The lowest BCUT2D eigenvalue weighted by atomic mass is 9.71. The van der Waals surface area contributed by atoms with E-state index in [9.17, 15) is 8.42 Å². The van der Waals surface area contributed by atoms with Gasteiger partial charge in [0.2, 0.25) is 0 Å². The lowest BCUT2D eigenvalue weighted by molar-refractivity contribution is -0.0552. The molecule has 31 heavy (non-hydrogen) atoms. The van der Waals surface area contributed by atoms with E-state index in [1.54, 1.807) is 7.11 Å². The van der Waals surface area contributed by atoms with E-state index >= 15 is 0 Å². The van der Waals surface area contributed by atoms with Gasteiger partial charge in [0.1, 0.15) is 0 Å². The number of methoxy groups -OCH3 is 1. The minimum Gasteiger partial charge on any atom is -0.381 e. The third-order valence-electron chi connectivity index (χ3n) is 9.34. The van der Waals surface area contributed by atoms with Gasteiger partial charge in [-0.15, -0.1) is 0 Å². The molecular formula is C26H46O4S. The van der Waals surface area contributed by atoms with Crippen molar-refractivity contribution in [2.45, 2.75) is 138 Å². The Bertz CT molecular complexity index is 630. The van der Waals surface area contributed by atoms with Crippen molar-refractivity contribution in [1.29, 1.82) is 0 Å². The highest BCUT2D eigenvalue weighted by Gasteiger charge is 2.39.